The van der Waals surface area contributed by atoms with Crippen molar-refractivity contribution >= 4 is 27.3 Å². The van der Waals surface area contributed by atoms with Crippen molar-refractivity contribution in [2.75, 3.05) is 24.5 Å². The van der Waals surface area contributed by atoms with Crippen LogP contribution in [0.5, 0.6) is 0 Å². The topological polar surface area (TPSA) is 85.3 Å². The van der Waals surface area contributed by atoms with Crippen molar-refractivity contribution in [2.24, 2.45) is 11.1 Å². The number of aromatic nitrogens is 1. The van der Waals surface area contributed by atoms with E-state index in [0.717, 1.165) is 0 Å². The van der Waals surface area contributed by atoms with E-state index in [9.17, 15) is 10.1 Å². The molecule has 7 heteroatoms. The lowest BCUT2D eigenvalue weighted by molar-refractivity contribution is -0.384. The first-order valence-corrected chi connectivity index (χ1v) is 6.84. The van der Waals surface area contributed by atoms with E-state index >= 15 is 0 Å². The molecule has 0 radical (unpaired) electrons. The summed E-state index contributed by atoms with van der Waals surface area (Å²) in [4.78, 5) is 16.5. The van der Waals surface area contributed by atoms with Crippen molar-refractivity contribution in [2.45, 2.75) is 20.8 Å². The van der Waals surface area contributed by atoms with Crippen LogP contribution < -0.4 is 10.6 Å². The van der Waals surface area contributed by atoms with E-state index in [2.05, 4.69) is 20.9 Å². The minimum absolute atomic E-state index is 0.00375. The summed E-state index contributed by atoms with van der Waals surface area (Å²) in [6, 6.07) is 0. The zero-order valence-electron chi connectivity index (χ0n) is 11.4. The van der Waals surface area contributed by atoms with Gasteiger partial charge in [-0.2, -0.15) is 0 Å². The van der Waals surface area contributed by atoms with E-state index in [0.29, 0.717) is 29.8 Å². The van der Waals surface area contributed by atoms with Gasteiger partial charge in [-0.1, -0.05) is 13.8 Å². The second-order valence-corrected chi connectivity index (χ2v) is 5.98. The number of hydrogen-bond acceptors (Lipinski definition) is 5. The smallest absolute Gasteiger partial charge is 0.311 e. The van der Waals surface area contributed by atoms with Gasteiger partial charge in [-0.15, -0.1) is 0 Å². The van der Waals surface area contributed by atoms with Gasteiger partial charge in [0, 0.05) is 19.3 Å². The fourth-order valence-corrected chi connectivity index (χ4v) is 2.37. The highest BCUT2D eigenvalue weighted by atomic mass is 79.9. The SMILES string of the molecule is CCN(CC(C)(C)CN)c1c(Br)cncc1[N+](=O)[O-]. The number of nitrogens with two attached hydrogens (primary N) is 1. The van der Waals surface area contributed by atoms with Gasteiger partial charge in [-0.25, -0.2) is 0 Å². The second kappa shape index (κ2) is 6.29. The molecule has 106 valence electrons. The molecule has 0 atom stereocenters. The van der Waals surface area contributed by atoms with Crippen LogP contribution in [0.15, 0.2) is 16.9 Å². The number of pyridine rings is 1. The molecular formula is C12H19BrN4O2. The molecule has 6 nitrogen and oxygen atoms in total. The molecule has 1 rings (SSSR count). The van der Waals surface area contributed by atoms with Crippen LogP contribution in [0.4, 0.5) is 11.4 Å². The predicted molar refractivity (Wildman–Crippen MR) is 79.3 cm³/mol. The largest absolute Gasteiger partial charge is 0.365 e. The van der Waals surface area contributed by atoms with Crippen LogP contribution in [-0.2, 0) is 0 Å². The fraction of sp³-hybridized carbons (Fsp3) is 0.583. The van der Waals surface area contributed by atoms with Crippen molar-refractivity contribution < 1.29 is 4.92 Å². The van der Waals surface area contributed by atoms with Crippen LogP contribution in [0, 0.1) is 15.5 Å². The molecule has 0 aromatic carbocycles. The van der Waals surface area contributed by atoms with Gasteiger partial charge in [0.1, 0.15) is 11.9 Å². The maximum Gasteiger partial charge on any atom is 0.311 e. The molecule has 0 aliphatic heterocycles. The molecule has 1 aromatic heterocycles. The van der Waals surface area contributed by atoms with Crippen molar-refractivity contribution in [1.29, 1.82) is 0 Å². The Bertz CT molecular complexity index is 465. The molecule has 0 bridgehead atoms. The first-order chi connectivity index (χ1) is 8.82. The Hall–Kier alpha value is -1.21. The Balaban J connectivity index is 3.21. The Morgan fingerprint density at radius 2 is 2.16 bits per heavy atom. The number of rotatable bonds is 6. The van der Waals surface area contributed by atoms with Gasteiger partial charge in [0.05, 0.1) is 9.40 Å². The molecular weight excluding hydrogens is 312 g/mol. The predicted octanol–water partition coefficient (Wildman–Crippen LogP) is 2.56. The van der Waals surface area contributed by atoms with E-state index in [1.165, 1.54) is 6.20 Å². The molecule has 0 unspecified atom stereocenters. The molecule has 1 aromatic rings. The molecule has 0 saturated carbocycles. The second-order valence-electron chi connectivity index (χ2n) is 5.13. The third-order valence-corrected chi connectivity index (χ3v) is 3.50. The van der Waals surface area contributed by atoms with Crippen LogP contribution >= 0.6 is 15.9 Å². The minimum atomic E-state index is -0.412. The summed E-state index contributed by atoms with van der Waals surface area (Å²) in [7, 11) is 0. The third-order valence-electron chi connectivity index (χ3n) is 2.92. The fourth-order valence-electron chi connectivity index (χ4n) is 1.79. The highest BCUT2D eigenvalue weighted by Crippen LogP contribution is 2.36. The number of halogens is 1. The van der Waals surface area contributed by atoms with Crippen LogP contribution in [0.2, 0.25) is 0 Å². The van der Waals surface area contributed by atoms with Gasteiger partial charge in [0.2, 0.25) is 0 Å². The standard InChI is InChI=1S/C12H19BrN4O2/c1-4-16(8-12(2,3)7-14)11-9(13)5-15-6-10(11)17(18)19/h5-6H,4,7-8,14H2,1-3H3. The molecule has 0 amide bonds. The average Bonchev–Trinajstić information content (AvgIpc) is 2.36. The maximum atomic E-state index is 11.1. The lowest BCUT2D eigenvalue weighted by Gasteiger charge is -2.32. The van der Waals surface area contributed by atoms with Gasteiger partial charge in [-0.3, -0.25) is 15.1 Å². The van der Waals surface area contributed by atoms with Gasteiger partial charge < -0.3 is 10.6 Å². The average molecular weight is 331 g/mol. The molecule has 2 N–H and O–H groups in total. The van der Waals surface area contributed by atoms with Crippen LogP contribution in [0.3, 0.4) is 0 Å². The summed E-state index contributed by atoms with van der Waals surface area (Å²) in [5, 5.41) is 11.1. The first kappa shape index (κ1) is 15.8. The van der Waals surface area contributed by atoms with Crippen LogP contribution in [0.1, 0.15) is 20.8 Å². The van der Waals surface area contributed by atoms with E-state index in [1.54, 1.807) is 6.20 Å². The summed E-state index contributed by atoms with van der Waals surface area (Å²) >= 11 is 3.35. The number of nitrogens with zero attached hydrogens (tertiary/aromatic N) is 3. The van der Waals surface area contributed by atoms with E-state index in [1.807, 2.05) is 25.7 Å². The molecule has 19 heavy (non-hydrogen) atoms. The van der Waals surface area contributed by atoms with Crippen molar-refractivity contribution in [1.82, 2.24) is 4.98 Å². The molecule has 0 aliphatic carbocycles. The molecule has 0 fully saturated rings. The Kier molecular flexibility index (Phi) is 5.25. The van der Waals surface area contributed by atoms with Gasteiger partial charge in [-0.05, 0) is 34.8 Å². The monoisotopic (exact) mass is 330 g/mol. The number of anilines is 1. The third kappa shape index (κ3) is 3.87. The minimum Gasteiger partial charge on any atom is -0.365 e. The normalized spacial score (nSPS) is 11.4. The summed E-state index contributed by atoms with van der Waals surface area (Å²) in [6.07, 6.45) is 2.85. The summed E-state index contributed by atoms with van der Waals surface area (Å²) in [5.41, 5.74) is 6.18. The van der Waals surface area contributed by atoms with E-state index < -0.39 is 4.92 Å². The Labute approximate surface area is 121 Å². The van der Waals surface area contributed by atoms with Crippen LogP contribution in [0.25, 0.3) is 0 Å². The van der Waals surface area contributed by atoms with E-state index in [4.69, 9.17) is 5.73 Å². The van der Waals surface area contributed by atoms with Crippen molar-refractivity contribution in [3.8, 4) is 0 Å². The lowest BCUT2D eigenvalue weighted by Crippen LogP contribution is -2.39. The highest BCUT2D eigenvalue weighted by Gasteiger charge is 2.26. The molecule has 0 saturated heterocycles. The highest BCUT2D eigenvalue weighted by molar-refractivity contribution is 9.10. The summed E-state index contributed by atoms with van der Waals surface area (Å²) in [6.45, 7) is 7.85. The number of hydrogen-bond donors (Lipinski definition) is 1. The Morgan fingerprint density at radius 3 is 2.63 bits per heavy atom. The quantitative estimate of drug-likeness (QED) is 0.640. The van der Waals surface area contributed by atoms with Gasteiger partial charge in [0.25, 0.3) is 0 Å². The lowest BCUT2D eigenvalue weighted by atomic mass is 9.93. The molecule has 0 spiro atoms. The Morgan fingerprint density at radius 1 is 1.53 bits per heavy atom. The summed E-state index contributed by atoms with van der Waals surface area (Å²) < 4.78 is 0.622. The zero-order valence-corrected chi connectivity index (χ0v) is 13.0. The molecule has 1 heterocycles. The number of nitro groups is 1. The maximum absolute atomic E-state index is 11.1. The van der Waals surface area contributed by atoms with Crippen LogP contribution in [-0.4, -0.2) is 29.5 Å². The van der Waals surface area contributed by atoms with E-state index in [-0.39, 0.29) is 11.1 Å². The summed E-state index contributed by atoms with van der Waals surface area (Å²) in [5.74, 6) is 0. The van der Waals surface area contributed by atoms with Gasteiger partial charge in [0.15, 0.2) is 0 Å². The van der Waals surface area contributed by atoms with Crippen molar-refractivity contribution in [3.05, 3.63) is 27.0 Å². The van der Waals surface area contributed by atoms with Crippen molar-refractivity contribution in [3.63, 3.8) is 0 Å². The molecule has 0 aliphatic rings. The first-order valence-electron chi connectivity index (χ1n) is 6.05. The van der Waals surface area contributed by atoms with Gasteiger partial charge >= 0.3 is 5.69 Å². The zero-order chi connectivity index (χ0) is 14.6.